The number of nitrogens with zero attached hydrogens (tertiary/aromatic N) is 1. The highest BCUT2D eigenvalue weighted by molar-refractivity contribution is 7.14. The first-order valence-electron chi connectivity index (χ1n) is 6.14. The van der Waals surface area contributed by atoms with Crippen LogP contribution in [0.15, 0.2) is 34.2 Å². The van der Waals surface area contributed by atoms with Gasteiger partial charge in [0.15, 0.2) is 11.6 Å². The van der Waals surface area contributed by atoms with Gasteiger partial charge in [-0.25, -0.2) is 0 Å². The fourth-order valence-corrected chi connectivity index (χ4v) is 3.21. The van der Waals surface area contributed by atoms with Crippen LogP contribution < -0.4 is 5.73 Å². The fourth-order valence-electron chi connectivity index (χ4n) is 2.09. The highest BCUT2D eigenvalue weighted by Crippen LogP contribution is 2.42. The zero-order valence-corrected chi connectivity index (χ0v) is 12.7. The van der Waals surface area contributed by atoms with Crippen LogP contribution >= 0.6 is 22.9 Å². The Balaban J connectivity index is 2.21. The van der Waals surface area contributed by atoms with E-state index in [-0.39, 0.29) is 0 Å². The van der Waals surface area contributed by atoms with Crippen LogP contribution in [0.4, 0.5) is 5.82 Å². The maximum Gasteiger partial charge on any atom is 0.188 e. The van der Waals surface area contributed by atoms with Crippen molar-refractivity contribution in [1.82, 2.24) is 5.16 Å². The van der Waals surface area contributed by atoms with Crippen LogP contribution in [0.25, 0.3) is 21.8 Å². The van der Waals surface area contributed by atoms with Gasteiger partial charge in [-0.3, -0.25) is 0 Å². The van der Waals surface area contributed by atoms with Crippen LogP contribution in [0.5, 0.6) is 0 Å². The molecular formula is C15H13ClN2OS. The molecule has 0 amide bonds. The van der Waals surface area contributed by atoms with Crippen molar-refractivity contribution in [3.8, 4) is 21.8 Å². The molecule has 0 aliphatic carbocycles. The summed E-state index contributed by atoms with van der Waals surface area (Å²) in [6.45, 7) is 4.15. The predicted molar refractivity (Wildman–Crippen MR) is 84.1 cm³/mol. The Kier molecular flexibility index (Phi) is 3.28. The number of nitrogens with two attached hydrogens (primary N) is 1. The monoisotopic (exact) mass is 304 g/mol. The Hall–Kier alpha value is -1.78. The summed E-state index contributed by atoms with van der Waals surface area (Å²) in [5, 5.41) is 6.46. The molecule has 2 aromatic heterocycles. The molecule has 0 radical (unpaired) electrons. The third-order valence-corrected chi connectivity index (χ3v) is 4.68. The summed E-state index contributed by atoms with van der Waals surface area (Å²) in [6, 6.07) is 8.01. The van der Waals surface area contributed by atoms with Gasteiger partial charge >= 0.3 is 0 Å². The molecule has 0 aliphatic heterocycles. The Bertz CT molecular complexity index is 776. The van der Waals surface area contributed by atoms with Crippen molar-refractivity contribution in [3.63, 3.8) is 0 Å². The molecule has 0 fully saturated rings. The lowest BCUT2D eigenvalue weighted by Gasteiger charge is -2.05. The third-order valence-electron chi connectivity index (χ3n) is 3.34. The van der Waals surface area contributed by atoms with E-state index in [1.54, 1.807) is 0 Å². The Morgan fingerprint density at radius 3 is 2.65 bits per heavy atom. The van der Waals surface area contributed by atoms with Crippen molar-refractivity contribution in [2.75, 3.05) is 5.73 Å². The minimum Gasteiger partial charge on any atom is -0.380 e. The maximum absolute atomic E-state index is 6.18. The lowest BCUT2D eigenvalue weighted by atomic mass is 10.00. The highest BCUT2D eigenvalue weighted by Gasteiger charge is 2.20. The van der Waals surface area contributed by atoms with E-state index < -0.39 is 0 Å². The van der Waals surface area contributed by atoms with Crippen molar-refractivity contribution in [1.29, 1.82) is 0 Å². The second kappa shape index (κ2) is 4.96. The van der Waals surface area contributed by atoms with Gasteiger partial charge in [-0.1, -0.05) is 35.0 Å². The summed E-state index contributed by atoms with van der Waals surface area (Å²) < 4.78 is 5.40. The van der Waals surface area contributed by atoms with Crippen LogP contribution in [0.3, 0.4) is 0 Å². The third kappa shape index (κ3) is 2.11. The molecule has 2 heterocycles. The molecule has 0 saturated carbocycles. The van der Waals surface area contributed by atoms with E-state index in [0.29, 0.717) is 16.6 Å². The van der Waals surface area contributed by atoms with Gasteiger partial charge in [0.2, 0.25) is 0 Å². The summed E-state index contributed by atoms with van der Waals surface area (Å²) in [5.41, 5.74) is 10.2. The van der Waals surface area contributed by atoms with Gasteiger partial charge in [0.1, 0.15) is 0 Å². The van der Waals surface area contributed by atoms with Gasteiger partial charge < -0.3 is 10.3 Å². The van der Waals surface area contributed by atoms with E-state index in [1.165, 1.54) is 22.5 Å². The summed E-state index contributed by atoms with van der Waals surface area (Å²) >= 11 is 7.69. The van der Waals surface area contributed by atoms with Crippen LogP contribution in [-0.2, 0) is 0 Å². The number of rotatable bonds is 2. The summed E-state index contributed by atoms with van der Waals surface area (Å²) in [4.78, 5) is 0.851. The molecule has 0 bridgehead atoms. The van der Waals surface area contributed by atoms with E-state index in [2.05, 4.69) is 31.1 Å². The number of aromatic nitrogens is 1. The number of nitrogen functional groups attached to an aromatic ring is 1. The average molecular weight is 305 g/mol. The van der Waals surface area contributed by atoms with E-state index >= 15 is 0 Å². The van der Waals surface area contributed by atoms with Crippen molar-refractivity contribution in [3.05, 3.63) is 45.8 Å². The summed E-state index contributed by atoms with van der Waals surface area (Å²) in [5.74, 6) is 1.01. The summed E-state index contributed by atoms with van der Waals surface area (Å²) in [7, 11) is 0. The quantitative estimate of drug-likeness (QED) is 0.731. The minimum atomic E-state index is 0.382. The molecule has 1 aromatic carbocycles. The van der Waals surface area contributed by atoms with Gasteiger partial charge in [0.05, 0.1) is 15.5 Å². The number of aryl methyl sites for hydroxylation is 2. The first-order chi connectivity index (χ1) is 9.58. The molecule has 20 heavy (non-hydrogen) atoms. The molecular weight excluding hydrogens is 292 g/mol. The molecule has 0 spiro atoms. The van der Waals surface area contributed by atoms with E-state index in [1.807, 2.05) is 17.5 Å². The lowest BCUT2D eigenvalue weighted by Crippen LogP contribution is -1.90. The Morgan fingerprint density at radius 1 is 1.20 bits per heavy atom. The zero-order chi connectivity index (χ0) is 14.3. The smallest absolute Gasteiger partial charge is 0.188 e. The molecule has 3 rings (SSSR count). The van der Waals surface area contributed by atoms with Crippen molar-refractivity contribution >= 4 is 28.8 Å². The van der Waals surface area contributed by atoms with Gasteiger partial charge in [-0.15, -0.1) is 11.3 Å². The zero-order valence-electron chi connectivity index (χ0n) is 11.1. The first-order valence-corrected chi connectivity index (χ1v) is 7.40. The fraction of sp³-hybridized carbons (Fsp3) is 0.133. The summed E-state index contributed by atoms with van der Waals surface area (Å²) in [6.07, 6.45) is 0. The molecule has 0 unspecified atom stereocenters. The lowest BCUT2D eigenvalue weighted by molar-refractivity contribution is 0.437. The van der Waals surface area contributed by atoms with E-state index in [0.717, 1.165) is 16.0 Å². The Morgan fingerprint density at radius 2 is 2.00 bits per heavy atom. The molecule has 3 aromatic rings. The van der Waals surface area contributed by atoms with E-state index in [4.69, 9.17) is 21.9 Å². The number of hydrogen-bond acceptors (Lipinski definition) is 4. The molecule has 102 valence electrons. The SMILES string of the molecule is Cc1ccc(-c2c(N)noc2-c2sccc2Cl)cc1C. The number of halogens is 1. The molecule has 5 heteroatoms. The second-order valence-electron chi connectivity index (χ2n) is 4.67. The molecule has 0 saturated heterocycles. The predicted octanol–water partition coefficient (Wildman–Crippen LogP) is 4.92. The van der Waals surface area contributed by atoms with Crippen LogP contribution in [-0.4, -0.2) is 5.16 Å². The van der Waals surface area contributed by atoms with Gasteiger partial charge in [-0.05, 0) is 42.0 Å². The van der Waals surface area contributed by atoms with Crippen molar-refractivity contribution in [2.24, 2.45) is 0 Å². The van der Waals surface area contributed by atoms with E-state index in [9.17, 15) is 0 Å². The van der Waals surface area contributed by atoms with Gasteiger partial charge in [0, 0.05) is 0 Å². The second-order valence-corrected chi connectivity index (χ2v) is 5.99. The van der Waals surface area contributed by atoms with Crippen LogP contribution in [0.1, 0.15) is 11.1 Å². The standard InChI is InChI=1S/C15H13ClN2OS/c1-8-3-4-10(7-9(8)2)12-13(19-18-15(12)17)14-11(16)5-6-20-14/h3-7H,1-2H3,(H2,17,18). The van der Waals surface area contributed by atoms with Crippen molar-refractivity contribution in [2.45, 2.75) is 13.8 Å². The number of thiophene rings is 1. The number of anilines is 1. The molecule has 2 N–H and O–H groups in total. The normalized spacial score (nSPS) is 10.9. The highest BCUT2D eigenvalue weighted by atomic mass is 35.5. The molecule has 0 aliphatic rings. The Labute approximate surface area is 126 Å². The van der Waals surface area contributed by atoms with Crippen LogP contribution in [0, 0.1) is 13.8 Å². The molecule has 0 atom stereocenters. The first kappa shape index (κ1) is 13.2. The average Bonchev–Trinajstić information content (AvgIpc) is 2.99. The number of benzene rings is 1. The molecule has 3 nitrogen and oxygen atoms in total. The van der Waals surface area contributed by atoms with Crippen molar-refractivity contribution < 1.29 is 4.52 Å². The van der Waals surface area contributed by atoms with Gasteiger partial charge in [-0.2, -0.15) is 0 Å². The van der Waals surface area contributed by atoms with Crippen LogP contribution in [0.2, 0.25) is 5.02 Å². The largest absolute Gasteiger partial charge is 0.380 e. The topological polar surface area (TPSA) is 52.0 Å². The minimum absolute atomic E-state index is 0.382. The number of hydrogen-bond donors (Lipinski definition) is 1. The van der Waals surface area contributed by atoms with Gasteiger partial charge in [0.25, 0.3) is 0 Å². The maximum atomic E-state index is 6.18.